The molecule has 108 valence electrons. The highest BCUT2D eigenvalue weighted by Gasteiger charge is 2.36. The Hall–Kier alpha value is -1.49. The summed E-state index contributed by atoms with van der Waals surface area (Å²) >= 11 is 1.83. The van der Waals surface area contributed by atoms with Crippen LogP contribution in [0.3, 0.4) is 0 Å². The van der Waals surface area contributed by atoms with Crippen molar-refractivity contribution in [2.24, 2.45) is 0 Å². The van der Waals surface area contributed by atoms with Gasteiger partial charge in [-0.1, -0.05) is 6.42 Å². The van der Waals surface area contributed by atoms with Crippen molar-refractivity contribution >= 4 is 29.3 Å². The van der Waals surface area contributed by atoms with Crippen LogP contribution in [-0.4, -0.2) is 29.4 Å². The molecule has 1 aliphatic rings. The predicted molar refractivity (Wildman–Crippen MR) is 83.6 cm³/mol. The molecule has 1 aliphatic carbocycles. The SMILES string of the molecule is CSC1(CNC(=O)Nc2ccc(C(C)=O)cc2)CCC1. The van der Waals surface area contributed by atoms with Gasteiger partial charge in [-0.3, -0.25) is 4.79 Å². The molecule has 2 rings (SSSR count). The van der Waals surface area contributed by atoms with Crippen LogP contribution in [0.1, 0.15) is 36.5 Å². The number of Topliss-reactive ketones (excluding diaryl/α,β-unsaturated/α-hetero) is 1. The summed E-state index contributed by atoms with van der Waals surface area (Å²) < 4.78 is 0.232. The van der Waals surface area contributed by atoms with E-state index in [-0.39, 0.29) is 16.6 Å². The molecule has 1 aromatic rings. The summed E-state index contributed by atoms with van der Waals surface area (Å²) in [6.07, 6.45) is 5.68. The molecular weight excluding hydrogens is 272 g/mol. The minimum Gasteiger partial charge on any atom is -0.336 e. The summed E-state index contributed by atoms with van der Waals surface area (Å²) in [6, 6.07) is 6.72. The van der Waals surface area contributed by atoms with Crippen molar-refractivity contribution in [3.63, 3.8) is 0 Å². The lowest BCUT2D eigenvalue weighted by molar-refractivity contribution is 0.101. The Morgan fingerprint density at radius 3 is 2.35 bits per heavy atom. The van der Waals surface area contributed by atoms with Crippen molar-refractivity contribution in [3.05, 3.63) is 29.8 Å². The van der Waals surface area contributed by atoms with Gasteiger partial charge in [0.1, 0.15) is 0 Å². The van der Waals surface area contributed by atoms with Gasteiger partial charge in [-0.05, 0) is 50.3 Å². The Labute approximate surface area is 123 Å². The van der Waals surface area contributed by atoms with Crippen LogP contribution >= 0.6 is 11.8 Å². The van der Waals surface area contributed by atoms with E-state index in [1.807, 2.05) is 11.8 Å². The second-order valence-electron chi connectivity index (χ2n) is 5.18. The number of hydrogen-bond donors (Lipinski definition) is 2. The summed E-state index contributed by atoms with van der Waals surface area (Å²) in [5, 5.41) is 5.71. The number of nitrogens with one attached hydrogen (secondary N) is 2. The molecule has 1 saturated carbocycles. The van der Waals surface area contributed by atoms with Crippen molar-refractivity contribution in [2.75, 3.05) is 18.1 Å². The van der Waals surface area contributed by atoms with E-state index >= 15 is 0 Å². The predicted octanol–water partition coefficient (Wildman–Crippen LogP) is 3.30. The third-order valence-electron chi connectivity index (χ3n) is 3.82. The molecule has 0 saturated heterocycles. The van der Waals surface area contributed by atoms with E-state index < -0.39 is 0 Å². The minimum absolute atomic E-state index is 0.0212. The Morgan fingerprint density at radius 1 is 1.25 bits per heavy atom. The van der Waals surface area contributed by atoms with Gasteiger partial charge in [-0.25, -0.2) is 4.79 Å². The molecule has 0 heterocycles. The lowest BCUT2D eigenvalue weighted by atomic mass is 9.84. The van der Waals surface area contributed by atoms with Gasteiger partial charge in [0.25, 0.3) is 0 Å². The molecule has 5 heteroatoms. The van der Waals surface area contributed by atoms with Gasteiger partial charge in [0, 0.05) is 22.5 Å². The maximum atomic E-state index is 11.8. The van der Waals surface area contributed by atoms with Gasteiger partial charge in [-0.15, -0.1) is 0 Å². The third-order valence-corrected chi connectivity index (χ3v) is 5.24. The number of hydrogen-bond acceptors (Lipinski definition) is 3. The van der Waals surface area contributed by atoms with Crippen LogP contribution in [-0.2, 0) is 0 Å². The van der Waals surface area contributed by atoms with Gasteiger partial charge >= 0.3 is 6.03 Å². The van der Waals surface area contributed by atoms with Gasteiger partial charge in [0.05, 0.1) is 0 Å². The van der Waals surface area contributed by atoms with Crippen LogP contribution in [0.15, 0.2) is 24.3 Å². The third kappa shape index (κ3) is 3.54. The highest BCUT2D eigenvalue weighted by molar-refractivity contribution is 8.00. The molecule has 1 fully saturated rings. The molecule has 0 aromatic heterocycles. The molecule has 0 unspecified atom stereocenters. The molecule has 2 N–H and O–H groups in total. The molecule has 0 spiro atoms. The number of urea groups is 1. The van der Waals surface area contributed by atoms with Crippen LogP contribution in [0.2, 0.25) is 0 Å². The number of benzene rings is 1. The van der Waals surface area contributed by atoms with Crippen molar-refractivity contribution in [1.82, 2.24) is 5.32 Å². The Kier molecular flexibility index (Phi) is 4.70. The van der Waals surface area contributed by atoms with Crippen LogP contribution in [0.4, 0.5) is 10.5 Å². The monoisotopic (exact) mass is 292 g/mol. The summed E-state index contributed by atoms with van der Waals surface area (Å²) in [5.41, 5.74) is 1.34. The summed E-state index contributed by atoms with van der Waals surface area (Å²) in [5.74, 6) is 0.0212. The maximum absolute atomic E-state index is 11.8. The smallest absolute Gasteiger partial charge is 0.319 e. The van der Waals surface area contributed by atoms with Gasteiger partial charge < -0.3 is 10.6 Å². The molecule has 20 heavy (non-hydrogen) atoms. The lowest BCUT2D eigenvalue weighted by Gasteiger charge is -2.40. The number of anilines is 1. The molecule has 1 aromatic carbocycles. The van der Waals surface area contributed by atoms with E-state index in [9.17, 15) is 9.59 Å². The summed E-state index contributed by atoms with van der Waals surface area (Å²) in [6.45, 7) is 2.22. The molecule has 0 radical (unpaired) electrons. The average Bonchev–Trinajstić information content (AvgIpc) is 2.38. The van der Waals surface area contributed by atoms with Crippen LogP contribution < -0.4 is 10.6 Å². The zero-order chi connectivity index (χ0) is 14.6. The lowest BCUT2D eigenvalue weighted by Crippen LogP contribution is -2.46. The first-order valence-corrected chi connectivity index (χ1v) is 7.98. The zero-order valence-electron chi connectivity index (χ0n) is 11.9. The van der Waals surface area contributed by atoms with E-state index in [0.29, 0.717) is 17.8 Å². The number of amides is 2. The van der Waals surface area contributed by atoms with Gasteiger partial charge in [-0.2, -0.15) is 11.8 Å². The normalized spacial score (nSPS) is 16.1. The Bertz CT molecular complexity index is 490. The molecule has 0 bridgehead atoms. The first-order chi connectivity index (χ1) is 9.54. The Balaban J connectivity index is 1.83. The van der Waals surface area contributed by atoms with Crippen molar-refractivity contribution in [2.45, 2.75) is 30.9 Å². The Morgan fingerprint density at radius 2 is 1.90 bits per heavy atom. The number of carbonyl (C=O) groups is 2. The first-order valence-electron chi connectivity index (χ1n) is 6.76. The molecule has 2 amide bonds. The topological polar surface area (TPSA) is 58.2 Å². The van der Waals surface area contributed by atoms with Crippen molar-refractivity contribution < 1.29 is 9.59 Å². The largest absolute Gasteiger partial charge is 0.336 e. The fourth-order valence-corrected chi connectivity index (χ4v) is 3.14. The number of thioether (sulfide) groups is 1. The molecule has 0 aliphatic heterocycles. The second-order valence-corrected chi connectivity index (χ2v) is 6.46. The van der Waals surface area contributed by atoms with Crippen molar-refractivity contribution in [1.29, 1.82) is 0 Å². The average molecular weight is 292 g/mol. The minimum atomic E-state index is -0.194. The zero-order valence-corrected chi connectivity index (χ0v) is 12.7. The van der Waals surface area contributed by atoms with E-state index in [2.05, 4.69) is 16.9 Å². The van der Waals surface area contributed by atoms with Gasteiger partial charge in [0.15, 0.2) is 5.78 Å². The highest BCUT2D eigenvalue weighted by atomic mass is 32.2. The van der Waals surface area contributed by atoms with E-state index in [0.717, 1.165) is 0 Å². The summed E-state index contributed by atoms with van der Waals surface area (Å²) in [7, 11) is 0. The molecular formula is C15H20N2O2S. The molecule has 4 nitrogen and oxygen atoms in total. The van der Waals surface area contributed by atoms with Crippen molar-refractivity contribution in [3.8, 4) is 0 Å². The number of carbonyl (C=O) groups excluding carboxylic acids is 2. The molecule has 0 atom stereocenters. The first kappa shape index (κ1) is 14.9. The maximum Gasteiger partial charge on any atom is 0.319 e. The summed E-state index contributed by atoms with van der Waals surface area (Å²) in [4.78, 5) is 23.0. The second kappa shape index (κ2) is 6.31. The fourth-order valence-electron chi connectivity index (χ4n) is 2.23. The van der Waals surface area contributed by atoms with E-state index in [1.165, 1.54) is 26.2 Å². The van der Waals surface area contributed by atoms with E-state index in [4.69, 9.17) is 0 Å². The quantitative estimate of drug-likeness (QED) is 0.819. The van der Waals surface area contributed by atoms with Gasteiger partial charge in [0.2, 0.25) is 0 Å². The van der Waals surface area contributed by atoms with Crippen LogP contribution in [0, 0.1) is 0 Å². The number of ketones is 1. The highest BCUT2D eigenvalue weighted by Crippen LogP contribution is 2.42. The standard InChI is InChI=1S/C15H20N2O2S/c1-11(18)12-4-6-13(7-5-12)17-14(19)16-10-15(20-2)8-3-9-15/h4-7H,3,8-10H2,1-2H3,(H2,16,17,19). The fraction of sp³-hybridized carbons (Fsp3) is 0.467. The van der Waals surface area contributed by atoms with E-state index in [1.54, 1.807) is 24.3 Å². The number of rotatable bonds is 5. The van der Waals surface area contributed by atoms with Crippen LogP contribution in [0.5, 0.6) is 0 Å². The van der Waals surface area contributed by atoms with Crippen LogP contribution in [0.25, 0.3) is 0 Å².